The van der Waals surface area contributed by atoms with Gasteiger partial charge in [0.05, 0.1) is 6.20 Å². The van der Waals surface area contributed by atoms with Crippen molar-refractivity contribution in [1.82, 2.24) is 20.3 Å². The fraction of sp³-hybridized carbons (Fsp3) is 0.308. The molecule has 6 heteroatoms. The van der Waals surface area contributed by atoms with Gasteiger partial charge in [-0.3, -0.25) is 4.79 Å². The topological polar surface area (TPSA) is 59.8 Å². The zero-order chi connectivity index (χ0) is 13.2. The Morgan fingerprint density at radius 2 is 2.11 bits per heavy atom. The highest BCUT2D eigenvalue weighted by molar-refractivity contribution is 5.83. The van der Waals surface area contributed by atoms with Crippen molar-refractivity contribution in [3.63, 3.8) is 0 Å². The van der Waals surface area contributed by atoms with Gasteiger partial charge in [0.1, 0.15) is 5.82 Å². The molecular formula is C13H13FN4O. The number of benzene rings is 1. The number of nitrogens with one attached hydrogen (secondary N) is 1. The van der Waals surface area contributed by atoms with E-state index in [0.717, 1.165) is 12.8 Å². The van der Waals surface area contributed by atoms with Gasteiger partial charge >= 0.3 is 0 Å². The zero-order valence-electron chi connectivity index (χ0n) is 10.2. The van der Waals surface area contributed by atoms with E-state index in [9.17, 15) is 9.18 Å². The first-order valence-electron chi connectivity index (χ1n) is 6.15. The van der Waals surface area contributed by atoms with Crippen LogP contribution in [0.25, 0.3) is 0 Å². The van der Waals surface area contributed by atoms with Gasteiger partial charge in [-0.15, -0.1) is 5.10 Å². The highest BCUT2D eigenvalue weighted by atomic mass is 19.1. The van der Waals surface area contributed by atoms with Crippen molar-refractivity contribution in [2.24, 2.45) is 0 Å². The number of amides is 1. The van der Waals surface area contributed by atoms with E-state index >= 15 is 0 Å². The molecule has 0 bridgehead atoms. The first-order chi connectivity index (χ1) is 9.24. The van der Waals surface area contributed by atoms with Crippen LogP contribution in [-0.2, 0) is 4.79 Å². The van der Waals surface area contributed by atoms with E-state index in [1.807, 2.05) is 0 Å². The van der Waals surface area contributed by atoms with Crippen molar-refractivity contribution < 1.29 is 9.18 Å². The van der Waals surface area contributed by atoms with E-state index in [2.05, 4.69) is 15.6 Å². The predicted molar refractivity (Wildman–Crippen MR) is 65.7 cm³/mol. The average molecular weight is 260 g/mol. The third-order valence-corrected chi connectivity index (χ3v) is 3.06. The van der Waals surface area contributed by atoms with Gasteiger partial charge < -0.3 is 5.32 Å². The Labute approximate surface area is 109 Å². The molecule has 98 valence electrons. The lowest BCUT2D eigenvalue weighted by atomic mass is 10.1. The molecule has 0 aliphatic heterocycles. The van der Waals surface area contributed by atoms with Gasteiger partial charge in [-0.05, 0) is 30.5 Å². The SMILES string of the molecule is O=C(NC1CC1)C(c1ccc(F)cc1)n1ccnn1. The Morgan fingerprint density at radius 1 is 1.37 bits per heavy atom. The fourth-order valence-corrected chi connectivity index (χ4v) is 1.93. The summed E-state index contributed by atoms with van der Waals surface area (Å²) < 4.78 is 14.5. The van der Waals surface area contributed by atoms with Gasteiger partial charge in [0, 0.05) is 12.2 Å². The number of halogens is 1. The van der Waals surface area contributed by atoms with E-state index < -0.39 is 6.04 Å². The fourth-order valence-electron chi connectivity index (χ4n) is 1.93. The number of nitrogens with zero attached hydrogens (tertiary/aromatic N) is 3. The summed E-state index contributed by atoms with van der Waals surface area (Å²) in [5, 5.41) is 10.5. The molecule has 2 aromatic rings. The maximum Gasteiger partial charge on any atom is 0.249 e. The van der Waals surface area contributed by atoms with Crippen molar-refractivity contribution in [1.29, 1.82) is 0 Å². The standard InChI is InChI=1S/C13H13FN4O/c14-10-3-1-9(2-4-10)12(18-8-7-15-17-18)13(19)16-11-5-6-11/h1-4,7-8,11-12H,5-6H2,(H,16,19). The first-order valence-corrected chi connectivity index (χ1v) is 6.15. The number of aromatic nitrogens is 3. The summed E-state index contributed by atoms with van der Waals surface area (Å²) >= 11 is 0. The molecule has 0 radical (unpaired) electrons. The van der Waals surface area contributed by atoms with Crippen LogP contribution in [0.15, 0.2) is 36.7 Å². The first kappa shape index (κ1) is 11.8. The molecule has 1 aromatic carbocycles. The van der Waals surface area contributed by atoms with Gasteiger partial charge in [-0.25, -0.2) is 9.07 Å². The molecule has 1 N–H and O–H groups in total. The summed E-state index contributed by atoms with van der Waals surface area (Å²) in [5.74, 6) is -0.469. The predicted octanol–water partition coefficient (Wildman–Crippen LogP) is 1.29. The summed E-state index contributed by atoms with van der Waals surface area (Å²) in [6.45, 7) is 0. The molecule has 1 aromatic heterocycles. The van der Waals surface area contributed by atoms with Crippen molar-refractivity contribution in [2.45, 2.75) is 24.9 Å². The lowest BCUT2D eigenvalue weighted by Gasteiger charge is -2.17. The number of carbonyl (C=O) groups excluding carboxylic acids is 1. The van der Waals surface area contributed by atoms with Crippen LogP contribution in [0, 0.1) is 5.82 Å². The van der Waals surface area contributed by atoms with Crippen molar-refractivity contribution in [3.05, 3.63) is 48.0 Å². The second-order valence-corrected chi connectivity index (χ2v) is 4.62. The lowest BCUT2D eigenvalue weighted by Crippen LogP contribution is -2.35. The number of hydrogen-bond acceptors (Lipinski definition) is 3. The van der Waals surface area contributed by atoms with E-state index in [-0.39, 0.29) is 17.8 Å². The van der Waals surface area contributed by atoms with Crippen molar-refractivity contribution >= 4 is 5.91 Å². The second-order valence-electron chi connectivity index (χ2n) is 4.62. The highest BCUT2D eigenvalue weighted by Crippen LogP contribution is 2.23. The Balaban J connectivity index is 1.91. The largest absolute Gasteiger partial charge is 0.351 e. The monoisotopic (exact) mass is 260 g/mol. The summed E-state index contributed by atoms with van der Waals surface area (Å²) in [6.07, 6.45) is 5.17. The number of rotatable bonds is 4. The third kappa shape index (κ3) is 2.62. The molecule has 1 atom stereocenters. The minimum atomic E-state index is -0.608. The normalized spacial score (nSPS) is 16.1. The van der Waals surface area contributed by atoms with Crippen LogP contribution in [0.2, 0.25) is 0 Å². The molecule has 19 heavy (non-hydrogen) atoms. The molecule has 1 aliphatic carbocycles. The average Bonchev–Trinajstić information content (AvgIpc) is 3.05. The van der Waals surface area contributed by atoms with Crippen LogP contribution >= 0.6 is 0 Å². The van der Waals surface area contributed by atoms with Crippen LogP contribution in [0.3, 0.4) is 0 Å². The maximum absolute atomic E-state index is 13.0. The Bertz CT molecular complexity index is 563. The van der Waals surface area contributed by atoms with Gasteiger partial charge in [-0.1, -0.05) is 17.3 Å². The van der Waals surface area contributed by atoms with Gasteiger partial charge in [0.2, 0.25) is 5.91 Å². The molecule has 5 nitrogen and oxygen atoms in total. The molecular weight excluding hydrogens is 247 g/mol. The van der Waals surface area contributed by atoms with Crippen LogP contribution < -0.4 is 5.32 Å². The quantitative estimate of drug-likeness (QED) is 0.901. The highest BCUT2D eigenvalue weighted by Gasteiger charge is 2.29. The Kier molecular flexibility index (Phi) is 2.98. The summed E-state index contributed by atoms with van der Waals surface area (Å²) in [6, 6.07) is 5.51. The second kappa shape index (κ2) is 4.79. The number of carbonyl (C=O) groups is 1. The van der Waals surface area contributed by atoms with Gasteiger partial charge in [0.25, 0.3) is 0 Å². The maximum atomic E-state index is 13.0. The third-order valence-electron chi connectivity index (χ3n) is 3.06. The Hall–Kier alpha value is -2.24. The molecule has 1 heterocycles. The van der Waals surface area contributed by atoms with Crippen LogP contribution in [0.1, 0.15) is 24.4 Å². The molecule has 0 saturated heterocycles. The van der Waals surface area contributed by atoms with Crippen molar-refractivity contribution in [2.75, 3.05) is 0 Å². The minimum absolute atomic E-state index is 0.139. The summed E-state index contributed by atoms with van der Waals surface area (Å²) in [4.78, 5) is 12.3. The van der Waals surface area contributed by atoms with Crippen LogP contribution in [-0.4, -0.2) is 26.9 Å². The van der Waals surface area contributed by atoms with E-state index in [0.29, 0.717) is 5.56 Å². The molecule has 1 fully saturated rings. The molecule has 1 saturated carbocycles. The zero-order valence-corrected chi connectivity index (χ0v) is 10.2. The molecule has 0 spiro atoms. The van der Waals surface area contributed by atoms with Gasteiger partial charge in [-0.2, -0.15) is 0 Å². The van der Waals surface area contributed by atoms with Gasteiger partial charge in [0.15, 0.2) is 6.04 Å². The molecule has 1 aliphatic rings. The Morgan fingerprint density at radius 3 is 2.68 bits per heavy atom. The minimum Gasteiger partial charge on any atom is -0.351 e. The smallest absolute Gasteiger partial charge is 0.249 e. The van der Waals surface area contributed by atoms with E-state index in [1.54, 1.807) is 18.3 Å². The van der Waals surface area contributed by atoms with Crippen LogP contribution in [0.4, 0.5) is 4.39 Å². The van der Waals surface area contributed by atoms with E-state index in [1.165, 1.54) is 23.0 Å². The lowest BCUT2D eigenvalue weighted by molar-refractivity contribution is -0.123. The molecule has 1 amide bonds. The molecule has 1 unspecified atom stereocenters. The molecule has 3 rings (SSSR count). The van der Waals surface area contributed by atoms with Crippen LogP contribution in [0.5, 0.6) is 0 Å². The van der Waals surface area contributed by atoms with E-state index in [4.69, 9.17) is 0 Å². The van der Waals surface area contributed by atoms with Crippen molar-refractivity contribution in [3.8, 4) is 0 Å². The summed E-state index contributed by atoms with van der Waals surface area (Å²) in [7, 11) is 0. The summed E-state index contributed by atoms with van der Waals surface area (Å²) in [5.41, 5.74) is 0.685. The number of hydrogen-bond donors (Lipinski definition) is 1.